The molecule has 7 atom stereocenters. The second kappa shape index (κ2) is 51.0. The minimum atomic E-state index is -5.09. The summed E-state index contributed by atoms with van der Waals surface area (Å²) in [5.74, 6) is -0.258. The summed E-state index contributed by atoms with van der Waals surface area (Å²) in [6.07, 6.45) is 55.3. The van der Waals surface area contributed by atoms with Crippen LogP contribution in [-0.2, 0) is 28.9 Å². The Morgan fingerprint density at radius 2 is 0.865 bits per heavy atom. The number of rotatable bonds is 55. The van der Waals surface area contributed by atoms with Gasteiger partial charge in [0.15, 0.2) is 6.29 Å². The fourth-order valence-corrected chi connectivity index (χ4v) is 10.7. The van der Waals surface area contributed by atoms with Crippen molar-refractivity contribution in [2.75, 3.05) is 13.2 Å². The van der Waals surface area contributed by atoms with Crippen LogP contribution in [0.15, 0.2) is 24.3 Å². The lowest BCUT2D eigenvalue weighted by Crippen LogP contribution is -2.61. The van der Waals surface area contributed by atoms with Crippen molar-refractivity contribution in [1.29, 1.82) is 0 Å². The molecule has 1 fully saturated rings. The largest absolute Gasteiger partial charge is 0.397 e. The molecule has 0 saturated carbocycles. The van der Waals surface area contributed by atoms with E-state index in [1.165, 1.54) is 238 Å². The van der Waals surface area contributed by atoms with Gasteiger partial charge in [0.05, 0.1) is 25.4 Å². The summed E-state index contributed by atoms with van der Waals surface area (Å²) in [7, 11) is -5.09. The fourth-order valence-electron chi connectivity index (χ4n) is 10.2. The van der Waals surface area contributed by atoms with Gasteiger partial charge in [-0.15, -0.1) is 0 Å². The first-order valence-corrected chi connectivity index (χ1v) is 32.6. The van der Waals surface area contributed by atoms with Crippen LogP contribution in [0.25, 0.3) is 0 Å². The number of unbranched alkanes of at least 4 members (excludes halogenated alkanes) is 41. The number of carbonyl (C=O) groups is 1. The van der Waals surface area contributed by atoms with E-state index in [4.69, 9.17) is 9.47 Å². The number of nitrogens with one attached hydrogen (secondary N) is 1. The summed E-state index contributed by atoms with van der Waals surface area (Å²) in [6.45, 7) is 3.43. The number of hydrogen-bond acceptors (Lipinski definition) is 10. The summed E-state index contributed by atoms with van der Waals surface area (Å²) >= 11 is 0. The predicted molar refractivity (Wildman–Crippen MR) is 305 cm³/mol. The summed E-state index contributed by atoms with van der Waals surface area (Å²) in [5.41, 5.74) is 0. The molecule has 7 unspecified atom stereocenters. The molecule has 74 heavy (non-hydrogen) atoms. The molecule has 0 aromatic rings. The molecule has 0 bridgehead atoms. The second-order valence-electron chi connectivity index (χ2n) is 22.0. The fraction of sp³-hybridized carbons (Fsp3) is 0.918. The maximum atomic E-state index is 13.1. The van der Waals surface area contributed by atoms with E-state index in [-0.39, 0.29) is 18.9 Å². The van der Waals surface area contributed by atoms with Crippen LogP contribution in [-0.4, -0.2) is 95.4 Å². The Morgan fingerprint density at radius 3 is 1.22 bits per heavy atom. The highest BCUT2D eigenvalue weighted by Crippen LogP contribution is 2.26. The lowest BCUT2D eigenvalue weighted by atomic mass is 9.99. The van der Waals surface area contributed by atoms with E-state index in [2.05, 4.69) is 35.5 Å². The highest BCUT2D eigenvalue weighted by molar-refractivity contribution is 7.80. The van der Waals surface area contributed by atoms with Gasteiger partial charge in [0.1, 0.15) is 24.4 Å². The summed E-state index contributed by atoms with van der Waals surface area (Å²) < 4.78 is 47.9. The molecule has 1 aliphatic rings. The van der Waals surface area contributed by atoms with Crippen molar-refractivity contribution in [1.82, 2.24) is 5.32 Å². The third-order valence-corrected chi connectivity index (χ3v) is 15.4. The molecular weight excluding hydrogens is 955 g/mol. The van der Waals surface area contributed by atoms with E-state index in [1.807, 2.05) is 6.08 Å². The molecule has 438 valence electrons. The van der Waals surface area contributed by atoms with Gasteiger partial charge in [-0.3, -0.25) is 9.35 Å². The van der Waals surface area contributed by atoms with Gasteiger partial charge in [-0.05, 0) is 44.9 Å². The van der Waals surface area contributed by atoms with E-state index < -0.39 is 59.9 Å². The third-order valence-electron chi connectivity index (χ3n) is 15.0. The first-order chi connectivity index (χ1) is 36.0. The Hall–Kier alpha value is -1.42. The van der Waals surface area contributed by atoms with Crippen LogP contribution in [0.1, 0.15) is 303 Å². The van der Waals surface area contributed by atoms with Crippen LogP contribution in [0.4, 0.5) is 0 Å². The molecule has 1 rings (SSSR count). The Bertz CT molecular complexity index is 1400. The van der Waals surface area contributed by atoms with Crippen LogP contribution in [0.3, 0.4) is 0 Å². The number of hydrogen-bond donors (Lipinski definition) is 6. The molecule has 1 aliphatic heterocycles. The molecule has 0 aromatic carbocycles. The van der Waals surface area contributed by atoms with Crippen molar-refractivity contribution in [2.24, 2.45) is 0 Å². The number of aliphatic hydroxyl groups is 4. The van der Waals surface area contributed by atoms with Gasteiger partial charge in [0.2, 0.25) is 5.91 Å². The monoisotopic (exact) mass is 1070 g/mol. The minimum absolute atomic E-state index is 0.258. The Balaban J connectivity index is 2.24. The maximum Gasteiger partial charge on any atom is 0.397 e. The number of aliphatic hydroxyl groups excluding tert-OH is 4. The smallest absolute Gasteiger partial charge is 0.394 e. The van der Waals surface area contributed by atoms with Crippen LogP contribution in [0.5, 0.6) is 0 Å². The van der Waals surface area contributed by atoms with Crippen molar-refractivity contribution in [3.05, 3.63) is 24.3 Å². The predicted octanol–water partition coefficient (Wildman–Crippen LogP) is 15.2. The molecule has 0 aliphatic carbocycles. The summed E-state index contributed by atoms with van der Waals surface area (Å²) in [4.78, 5) is 13.1. The van der Waals surface area contributed by atoms with Crippen molar-refractivity contribution in [3.8, 4) is 0 Å². The van der Waals surface area contributed by atoms with Crippen LogP contribution >= 0.6 is 0 Å². The van der Waals surface area contributed by atoms with Gasteiger partial charge >= 0.3 is 10.4 Å². The van der Waals surface area contributed by atoms with E-state index >= 15 is 0 Å². The second-order valence-corrected chi connectivity index (χ2v) is 23.0. The molecule has 1 heterocycles. The topological polar surface area (TPSA) is 192 Å². The molecule has 0 aromatic heterocycles. The minimum Gasteiger partial charge on any atom is -0.394 e. The SMILES string of the molecule is CCCCCCCCCCCCCC/C=C\CCCCCCCCCCCCCCCCCCC(=O)NC(COC1OC(CO)C(O)C(OS(=O)(=O)O)C1O)C(O)/C=C/CCCCCCCCCCCCCCC. The van der Waals surface area contributed by atoms with Gasteiger partial charge in [-0.2, -0.15) is 8.42 Å². The first kappa shape index (κ1) is 70.6. The molecule has 13 heteroatoms. The van der Waals surface area contributed by atoms with Gasteiger partial charge < -0.3 is 35.2 Å². The zero-order valence-corrected chi connectivity index (χ0v) is 48.5. The van der Waals surface area contributed by atoms with Gasteiger partial charge in [0.25, 0.3) is 0 Å². The lowest BCUT2D eigenvalue weighted by molar-refractivity contribution is -0.298. The normalized spacial score (nSPS) is 19.3. The van der Waals surface area contributed by atoms with Gasteiger partial charge in [-0.1, -0.05) is 276 Å². The molecule has 1 saturated heterocycles. The van der Waals surface area contributed by atoms with E-state index in [1.54, 1.807) is 6.08 Å². The maximum absolute atomic E-state index is 13.1. The van der Waals surface area contributed by atoms with E-state index in [9.17, 15) is 38.2 Å². The standard InChI is InChI=1S/C61H117NO11S/c1-3-5-7-9-11-13-15-17-19-20-21-22-23-24-25-26-27-28-29-30-31-32-33-34-35-37-39-41-43-45-47-49-51-57(65)62-54(53-71-61-59(67)60(73-74(68,69)70)58(66)56(52-63)72-61)55(64)50-48-46-44-42-40-38-36-18-16-14-12-10-8-6-4-2/h24-25,48,50,54-56,58-61,63-64,66-67H,3-23,26-47,49,51-53H2,1-2H3,(H,62,65)(H,68,69,70)/b25-24-,50-48+. The van der Waals surface area contributed by atoms with Crippen molar-refractivity contribution in [2.45, 2.75) is 346 Å². The van der Waals surface area contributed by atoms with Gasteiger partial charge in [-0.25, -0.2) is 4.18 Å². The van der Waals surface area contributed by atoms with Crippen molar-refractivity contribution >= 4 is 16.3 Å². The number of amides is 1. The number of carbonyl (C=O) groups excluding carboxylic acids is 1. The summed E-state index contributed by atoms with van der Waals surface area (Å²) in [5, 5.41) is 45.0. The van der Waals surface area contributed by atoms with Crippen LogP contribution in [0, 0.1) is 0 Å². The molecule has 12 nitrogen and oxygen atoms in total. The van der Waals surface area contributed by atoms with Crippen LogP contribution < -0.4 is 5.32 Å². The average molecular weight is 1070 g/mol. The molecular formula is C61H117NO11S. The van der Waals surface area contributed by atoms with Gasteiger partial charge in [0, 0.05) is 6.42 Å². The molecule has 0 radical (unpaired) electrons. The quantitative estimate of drug-likeness (QED) is 0.0193. The first-order valence-electron chi connectivity index (χ1n) is 31.2. The zero-order valence-electron chi connectivity index (χ0n) is 47.7. The third kappa shape index (κ3) is 42.6. The molecule has 1 amide bonds. The lowest BCUT2D eigenvalue weighted by Gasteiger charge is -2.41. The average Bonchev–Trinajstić information content (AvgIpc) is 3.38. The van der Waals surface area contributed by atoms with Crippen molar-refractivity contribution in [3.63, 3.8) is 0 Å². The van der Waals surface area contributed by atoms with Crippen LogP contribution in [0.2, 0.25) is 0 Å². The van der Waals surface area contributed by atoms with E-state index in [0.717, 1.165) is 38.5 Å². The summed E-state index contributed by atoms with van der Waals surface area (Å²) in [6, 6.07) is -0.942. The Labute approximate surface area is 454 Å². The van der Waals surface area contributed by atoms with E-state index in [0.29, 0.717) is 6.42 Å². The number of allylic oxidation sites excluding steroid dienone is 3. The van der Waals surface area contributed by atoms with Crippen molar-refractivity contribution < 1.29 is 51.8 Å². The highest BCUT2D eigenvalue weighted by Gasteiger charge is 2.48. The Kier molecular flexibility index (Phi) is 48.7. The highest BCUT2D eigenvalue weighted by atomic mass is 32.3. The number of ether oxygens (including phenoxy) is 2. The molecule has 0 spiro atoms. The zero-order chi connectivity index (χ0) is 54.0. The Morgan fingerprint density at radius 1 is 0.527 bits per heavy atom. The molecule has 6 N–H and O–H groups in total.